The molecule has 0 aromatic rings. The highest BCUT2D eigenvalue weighted by molar-refractivity contribution is 7.93. The summed E-state index contributed by atoms with van der Waals surface area (Å²) in [6.45, 7) is 10.9. The van der Waals surface area contributed by atoms with Crippen molar-refractivity contribution in [3.63, 3.8) is 0 Å². The number of fused-ring (bicyclic) bond motifs is 1. The van der Waals surface area contributed by atoms with Crippen molar-refractivity contribution in [2.75, 3.05) is 0 Å². The van der Waals surface area contributed by atoms with Crippen LogP contribution in [0.5, 0.6) is 0 Å². The second-order valence-electron chi connectivity index (χ2n) is 7.38. The number of amides is 1. The van der Waals surface area contributed by atoms with Crippen LogP contribution in [0.2, 0.25) is 0 Å². The highest BCUT2D eigenvalue weighted by Gasteiger charge is 2.58. The zero-order valence-electron chi connectivity index (χ0n) is 13.3. The number of ether oxygens (including phenoxy) is 2. The Kier molecular flexibility index (Phi) is 4.19. The molecule has 2 fully saturated rings. The van der Waals surface area contributed by atoms with Crippen LogP contribution in [0.4, 0.5) is 4.79 Å². The number of nitrogens with zero attached hydrogens (tertiary/aromatic N) is 1. The Morgan fingerprint density at radius 1 is 1.10 bits per heavy atom. The molecule has 21 heavy (non-hydrogen) atoms. The molecule has 0 spiro atoms. The fraction of sp³-hybridized carbons (Fsp3) is 0.857. The van der Waals surface area contributed by atoms with Crippen molar-refractivity contribution in [3.8, 4) is 0 Å². The van der Waals surface area contributed by atoms with E-state index in [0.29, 0.717) is 6.42 Å². The second kappa shape index (κ2) is 5.35. The normalized spacial score (nSPS) is 28.7. The third-order valence-electron chi connectivity index (χ3n) is 3.08. The van der Waals surface area contributed by atoms with E-state index in [-0.39, 0.29) is 24.0 Å². The van der Waals surface area contributed by atoms with Gasteiger partial charge >= 0.3 is 12.1 Å². The lowest BCUT2D eigenvalue weighted by Crippen LogP contribution is -2.56. The minimum Gasteiger partial charge on any atom is -0.460 e. The predicted molar refractivity (Wildman–Crippen MR) is 78.3 cm³/mol. The monoisotopic (exact) mass is 317 g/mol. The largest absolute Gasteiger partial charge is 0.460 e. The molecule has 6 nitrogen and oxygen atoms in total. The number of hydrogen-bond acceptors (Lipinski definition) is 6. The Hall–Kier alpha value is -0.950. The average Bonchev–Trinajstić information content (AvgIpc) is 2.50. The van der Waals surface area contributed by atoms with E-state index in [1.807, 2.05) is 20.8 Å². The van der Waals surface area contributed by atoms with Crippen molar-refractivity contribution in [2.24, 2.45) is 5.92 Å². The molecule has 1 aliphatic heterocycles. The molecular weight excluding hydrogens is 294 g/mol. The van der Waals surface area contributed by atoms with Gasteiger partial charge in [0.2, 0.25) is 0 Å². The van der Waals surface area contributed by atoms with E-state index in [1.165, 1.54) is 4.31 Å². The van der Waals surface area contributed by atoms with E-state index in [4.69, 9.17) is 13.7 Å². The van der Waals surface area contributed by atoms with Crippen LogP contribution in [0.3, 0.4) is 0 Å². The molecule has 1 aliphatic carbocycles. The van der Waals surface area contributed by atoms with Gasteiger partial charge in [0.05, 0.1) is 18.1 Å². The average molecular weight is 317 g/mol. The fourth-order valence-corrected chi connectivity index (χ4v) is 3.10. The van der Waals surface area contributed by atoms with Crippen LogP contribution < -0.4 is 0 Å². The Morgan fingerprint density at radius 3 is 2.19 bits per heavy atom. The fourth-order valence-electron chi connectivity index (χ4n) is 2.23. The minimum atomic E-state index is -0.582. The molecule has 2 aliphatic rings. The van der Waals surface area contributed by atoms with Gasteiger partial charge < -0.3 is 9.47 Å². The van der Waals surface area contributed by atoms with E-state index < -0.39 is 17.3 Å². The lowest BCUT2D eigenvalue weighted by atomic mass is 9.76. The summed E-state index contributed by atoms with van der Waals surface area (Å²) in [4.78, 5) is 24.3. The first-order valence-electron chi connectivity index (χ1n) is 7.06. The molecule has 3 atom stereocenters. The van der Waals surface area contributed by atoms with Crippen LogP contribution in [0.1, 0.15) is 48.0 Å². The topological polar surface area (TPSA) is 65.1 Å². The van der Waals surface area contributed by atoms with Crippen molar-refractivity contribution in [1.82, 2.24) is 4.31 Å². The zero-order chi connectivity index (χ0) is 16.0. The first kappa shape index (κ1) is 16.4. The van der Waals surface area contributed by atoms with Crippen LogP contribution in [0.25, 0.3) is 0 Å². The zero-order valence-corrected chi connectivity index (χ0v) is 14.2. The van der Waals surface area contributed by atoms with E-state index in [9.17, 15) is 9.59 Å². The third-order valence-corrected chi connectivity index (χ3v) is 3.97. The Morgan fingerprint density at radius 2 is 1.67 bits per heavy atom. The van der Waals surface area contributed by atoms with Crippen molar-refractivity contribution in [2.45, 2.75) is 71.3 Å². The van der Waals surface area contributed by atoms with Crippen LogP contribution in [-0.4, -0.2) is 39.7 Å². The molecule has 1 amide bonds. The molecule has 0 aromatic carbocycles. The first-order valence-corrected chi connectivity index (χ1v) is 7.76. The maximum atomic E-state index is 12.2. The van der Waals surface area contributed by atoms with Gasteiger partial charge in [-0.05, 0) is 48.0 Å². The van der Waals surface area contributed by atoms with Crippen molar-refractivity contribution in [3.05, 3.63) is 0 Å². The van der Waals surface area contributed by atoms with Crippen LogP contribution in [0, 0.1) is 5.92 Å². The number of esters is 1. The molecule has 1 saturated carbocycles. The van der Waals surface area contributed by atoms with E-state index in [0.717, 1.165) is 12.2 Å². The summed E-state index contributed by atoms with van der Waals surface area (Å²) in [6, 6.07) is -0.306. The maximum Gasteiger partial charge on any atom is 0.422 e. The molecule has 3 unspecified atom stereocenters. The van der Waals surface area contributed by atoms with Gasteiger partial charge in [-0.3, -0.25) is 8.98 Å². The second-order valence-corrected chi connectivity index (χ2v) is 8.12. The van der Waals surface area contributed by atoms with Gasteiger partial charge in [0.1, 0.15) is 23.4 Å². The molecule has 2 rings (SSSR count). The lowest BCUT2D eigenvalue weighted by Gasteiger charge is -2.40. The third kappa shape index (κ3) is 3.83. The van der Waals surface area contributed by atoms with E-state index >= 15 is 0 Å². The number of hydrogen-bond donors (Lipinski definition) is 0. The van der Waals surface area contributed by atoms with Gasteiger partial charge in [0, 0.05) is 0 Å². The van der Waals surface area contributed by atoms with Gasteiger partial charge in [-0.1, -0.05) is 0 Å². The Bertz CT molecular complexity index is 440. The SMILES string of the molecule is CC(C)(C)OC(=O)C1CC2OSN(C(=O)OC(C)(C)C)C21. The number of rotatable bonds is 1. The van der Waals surface area contributed by atoms with Crippen LogP contribution >= 0.6 is 12.2 Å². The van der Waals surface area contributed by atoms with Crippen molar-refractivity contribution < 1.29 is 23.2 Å². The summed E-state index contributed by atoms with van der Waals surface area (Å²) in [5.74, 6) is -0.639. The summed E-state index contributed by atoms with van der Waals surface area (Å²) in [6.07, 6.45) is -0.0282. The van der Waals surface area contributed by atoms with Gasteiger partial charge in [-0.2, -0.15) is 0 Å². The molecule has 0 N–H and O–H groups in total. The Balaban J connectivity index is 2.01. The quantitative estimate of drug-likeness (QED) is 0.421. The van der Waals surface area contributed by atoms with Crippen LogP contribution in [0.15, 0.2) is 0 Å². The Labute approximate surface area is 129 Å². The van der Waals surface area contributed by atoms with Gasteiger partial charge in [0.15, 0.2) is 0 Å². The summed E-state index contributed by atoms with van der Waals surface area (Å²) >= 11 is 0.960. The van der Waals surface area contributed by atoms with E-state index in [2.05, 4.69) is 0 Å². The molecule has 0 radical (unpaired) electrons. The minimum absolute atomic E-state index is 0.125. The molecule has 0 bridgehead atoms. The highest BCUT2D eigenvalue weighted by atomic mass is 32.2. The van der Waals surface area contributed by atoms with Gasteiger partial charge in [0.25, 0.3) is 0 Å². The summed E-state index contributed by atoms with van der Waals surface area (Å²) in [7, 11) is 0. The van der Waals surface area contributed by atoms with Gasteiger partial charge in [-0.15, -0.1) is 0 Å². The first-order chi connectivity index (χ1) is 9.48. The van der Waals surface area contributed by atoms with Gasteiger partial charge in [-0.25, -0.2) is 9.10 Å². The smallest absolute Gasteiger partial charge is 0.422 e. The van der Waals surface area contributed by atoms with E-state index in [1.54, 1.807) is 20.8 Å². The summed E-state index contributed by atoms with van der Waals surface area (Å²) in [5.41, 5.74) is -1.12. The maximum absolute atomic E-state index is 12.2. The predicted octanol–water partition coefficient (Wildman–Crippen LogP) is 2.92. The molecule has 1 saturated heterocycles. The number of carbonyl (C=O) groups is 2. The van der Waals surface area contributed by atoms with Crippen molar-refractivity contribution in [1.29, 1.82) is 0 Å². The van der Waals surface area contributed by atoms with Crippen LogP contribution in [-0.2, 0) is 18.5 Å². The molecule has 1 heterocycles. The highest BCUT2D eigenvalue weighted by Crippen LogP contribution is 2.47. The number of carbonyl (C=O) groups excluding carboxylic acids is 2. The van der Waals surface area contributed by atoms with Crippen molar-refractivity contribution >= 4 is 24.3 Å². The lowest BCUT2D eigenvalue weighted by molar-refractivity contribution is -0.168. The molecule has 0 aromatic heterocycles. The summed E-state index contributed by atoms with van der Waals surface area (Å²) < 4.78 is 17.6. The molecule has 7 heteroatoms. The molecular formula is C14H23NO5S. The standard InChI is InChI=1S/C14H23NO5S/c1-13(2,3)18-11(16)8-7-9-10(8)15(21-20-9)12(17)19-14(4,5)6/h8-10H,7H2,1-6H3. The summed E-state index contributed by atoms with van der Waals surface area (Å²) in [5, 5.41) is 0. The molecule has 120 valence electrons.